The minimum absolute atomic E-state index is 0.0785. The summed E-state index contributed by atoms with van der Waals surface area (Å²) in [4.78, 5) is 12.0. The molecule has 1 heterocycles. The van der Waals surface area contributed by atoms with Crippen LogP contribution in [0.5, 0.6) is 0 Å². The smallest absolute Gasteiger partial charge is 0.251 e. The van der Waals surface area contributed by atoms with Crippen LogP contribution in [0.4, 0.5) is 5.69 Å². The van der Waals surface area contributed by atoms with E-state index in [1.807, 2.05) is 23.9 Å². The van der Waals surface area contributed by atoms with Crippen LogP contribution in [-0.4, -0.2) is 22.2 Å². The summed E-state index contributed by atoms with van der Waals surface area (Å²) < 4.78 is 1.85. The lowest BCUT2D eigenvalue weighted by atomic mass is 10.1. The molecular weight excluding hydrogens is 240 g/mol. The van der Waals surface area contributed by atoms with Crippen LogP contribution < -0.4 is 11.1 Å². The number of hydrogen-bond donors (Lipinski definition) is 2. The minimum Gasteiger partial charge on any atom is -0.398 e. The lowest BCUT2D eigenvalue weighted by molar-refractivity contribution is 0.0952. The van der Waals surface area contributed by atoms with E-state index in [0.29, 0.717) is 17.8 Å². The lowest BCUT2D eigenvalue weighted by Gasteiger charge is -2.09. The molecule has 0 bridgehead atoms. The summed E-state index contributed by atoms with van der Waals surface area (Å²) in [6.45, 7) is 3.27. The molecule has 0 radical (unpaired) electrons. The highest BCUT2D eigenvalue weighted by molar-refractivity contribution is 5.96. The van der Waals surface area contributed by atoms with Crippen molar-refractivity contribution in [2.24, 2.45) is 0 Å². The number of benzene rings is 1. The third-order valence-electron chi connectivity index (χ3n) is 3.03. The van der Waals surface area contributed by atoms with E-state index in [0.717, 1.165) is 18.5 Å². The fourth-order valence-electron chi connectivity index (χ4n) is 1.87. The van der Waals surface area contributed by atoms with E-state index >= 15 is 0 Å². The Kier molecular flexibility index (Phi) is 4.18. The van der Waals surface area contributed by atoms with E-state index in [9.17, 15) is 4.79 Å². The second-order valence-corrected chi connectivity index (χ2v) is 4.40. The molecule has 0 fully saturated rings. The Labute approximate surface area is 112 Å². The Bertz CT molecular complexity index is 549. The van der Waals surface area contributed by atoms with Crippen molar-refractivity contribution < 1.29 is 4.79 Å². The molecule has 0 unspecified atom stereocenters. The highest BCUT2D eigenvalue weighted by Gasteiger charge is 2.09. The molecule has 0 aliphatic carbocycles. The number of aromatic nitrogens is 2. The molecule has 0 aliphatic heterocycles. The Hall–Kier alpha value is -2.30. The first-order chi connectivity index (χ1) is 9.18. The number of nitrogen functional groups attached to an aromatic ring is 1. The topological polar surface area (TPSA) is 72.9 Å². The van der Waals surface area contributed by atoms with Crippen molar-refractivity contribution in [2.75, 3.05) is 12.3 Å². The zero-order valence-corrected chi connectivity index (χ0v) is 11.0. The largest absolute Gasteiger partial charge is 0.398 e. The Morgan fingerprint density at radius 3 is 3.00 bits per heavy atom. The monoisotopic (exact) mass is 258 g/mol. The summed E-state index contributed by atoms with van der Waals surface area (Å²) in [7, 11) is 0. The highest BCUT2D eigenvalue weighted by Crippen LogP contribution is 2.15. The molecule has 2 rings (SSSR count). The number of nitrogens with two attached hydrogens (primary N) is 1. The van der Waals surface area contributed by atoms with Gasteiger partial charge < -0.3 is 11.1 Å². The van der Waals surface area contributed by atoms with Crippen LogP contribution in [0.2, 0.25) is 0 Å². The van der Waals surface area contributed by atoms with Crippen LogP contribution in [0.3, 0.4) is 0 Å². The molecule has 2 aromatic rings. The van der Waals surface area contributed by atoms with Crippen LogP contribution in [0, 0.1) is 6.92 Å². The molecular formula is C14H18N4O. The lowest BCUT2D eigenvalue weighted by Crippen LogP contribution is -2.26. The summed E-state index contributed by atoms with van der Waals surface area (Å²) in [6, 6.07) is 7.26. The molecule has 19 heavy (non-hydrogen) atoms. The van der Waals surface area contributed by atoms with Crippen molar-refractivity contribution >= 4 is 11.6 Å². The van der Waals surface area contributed by atoms with Crippen LogP contribution in [-0.2, 0) is 6.54 Å². The average Bonchev–Trinajstić information content (AvgIpc) is 2.91. The summed E-state index contributed by atoms with van der Waals surface area (Å²) in [5, 5.41) is 7.00. The van der Waals surface area contributed by atoms with Gasteiger partial charge in [0.2, 0.25) is 0 Å². The Morgan fingerprint density at radius 2 is 2.26 bits per heavy atom. The van der Waals surface area contributed by atoms with Gasteiger partial charge in [0.1, 0.15) is 0 Å². The maximum Gasteiger partial charge on any atom is 0.251 e. The van der Waals surface area contributed by atoms with E-state index in [2.05, 4.69) is 10.4 Å². The molecule has 5 heteroatoms. The third-order valence-corrected chi connectivity index (χ3v) is 3.03. The van der Waals surface area contributed by atoms with Crippen LogP contribution in [0.1, 0.15) is 22.3 Å². The molecule has 0 aliphatic rings. The molecule has 100 valence electrons. The van der Waals surface area contributed by atoms with Crippen molar-refractivity contribution in [1.82, 2.24) is 15.1 Å². The fraction of sp³-hybridized carbons (Fsp3) is 0.286. The maximum absolute atomic E-state index is 12.0. The van der Waals surface area contributed by atoms with Gasteiger partial charge in [-0.2, -0.15) is 5.10 Å². The van der Waals surface area contributed by atoms with Gasteiger partial charge in [-0.1, -0.05) is 6.07 Å². The summed E-state index contributed by atoms with van der Waals surface area (Å²) >= 11 is 0. The zero-order valence-electron chi connectivity index (χ0n) is 11.0. The number of anilines is 1. The van der Waals surface area contributed by atoms with E-state index in [1.54, 1.807) is 24.4 Å². The number of nitrogens with one attached hydrogen (secondary N) is 1. The average molecular weight is 258 g/mol. The van der Waals surface area contributed by atoms with Crippen molar-refractivity contribution in [1.29, 1.82) is 0 Å². The van der Waals surface area contributed by atoms with Gasteiger partial charge in [0, 0.05) is 36.7 Å². The molecule has 1 aromatic carbocycles. The first-order valence-corrected chi connectivity index (χ1v) is 6.29. The first kappa shape index (κ1) is 13.1. The van der Waals surface area contributed by atoms with Gasteiger partial charge in [-0.25, -0.2) is 0 Å². The normalized spacial score (nSPS) is 10.4. The van der Waals surface area contributed by atoms with Gasteiger partial charge in [-0.3, -0.25) is 9.48 Å². The van der Waals surface area contributed by atoms with Crippen LogP contribution in [0.15, 0.2) is 36.7 Å². The summed E-state index contributed by atoms with van der Waals surface area (Å²) in [5.41, 5.74) is 7.89. The second kappa shape index (κ2) is 6.04. The number of carbonyl (C=O) groups excluding carboxylic acids is 1. The van der Waals surface area contributed by atoms with E-state index in [-0.39, 0.29) is 5.91 Å². The van der Waals surface area contributed by atoms with E-state index in [1.165, 1.54) is 0 Å². The molecule has 0 saturated carbocycles. The third kappa shape index (κ3) is 3.34. The van der Waals surface area contributed by atoms with Gasteiger partial charge in [0.05, 0.1) is 0 Å². The van der Waals surface area contributed by atoms with Gasteiger partial charge in [0.25, 0.3) is 5.91 Å². The van der Waals surface area contributed by atoms with Crippen LogP contribution >= 0.6 is 0 Å². The number of amides is 1. The van der Waals surface area contributed by atoms with Crippen molar-refractivity contribution in [3.63, 3.8) is 0 Å². The molecule has 1 aromatic heterocycles. The van der Waals surface area contributed by atoms with Gasteiger partial charge >= 0.3 is 0 Å². The number of hydrogen-bond acceptors (Lipinski definition) is 3. The van der Waals surface area contributed by atoms with Crippen LogP contribution in [0.25, 0.3) is 0 Å². The summed E-state index contributed by atoms with van der Waals surface area (Å²) in [5.74, 6) is -0.0785. The molecule has 1 amide bonds. The van der Waals surface area contributed by atoms with Gasteiger partial charge in [-0.15, -0.1) is 0 Å². The fourth-order valence-corrected chi connectivity index (χ4v) is 1.87. The summed E-state index contributed by atoms with van der Waals surface area (Å²) in [6.07, 6.45) is 4.49. The van der Waals surface area contributed by atoms with Gasteiger partial charge in [-0.05, 0) is 37.1 Å². The first-order valence-electron chi connectivity index (χ1n) is 6.29. The molecule has 0 atom stereocenters. The maximum atomic E-state index is 12.0. The Morgan fingerprint density at radius 1 is 1.42 bits per heavy atom. The second-order valence-electron chi connectivity index (χ2n) is 4.40. The van der Waals surface area contributed by atoms with Crippen molar-refractivity contribution in [3.8, 4) is 0 Å². The quantitative estimate of drug-likeness (QED) is 0.632. The van der Waals surface area contributed by atoms with E-state index in [4.69, 9.17) is 5.73 Å². The number of aryl methyl sites for hydroxylation is 1. The van der Waals surface area contributed by atoms with Crippen molar-refractivity contribution in [3.05, 3.63) is 47.8 Å². The van der Waals surface area contributed by atoms with Gasteiger partial charge in [0.15, 0.2) is 0 Å². The Balaban J connectivity index is 1.83. The predicted molar refractivity (Wildman–Crippen MR) is 74.8 cm³/mol. The molecule has 0 spiro atoms. The number of rotatable bonds is 5. The molecule has 5 nitrogen and oxygen atoms in total. The molecule has 3 N–H and O–H groups in total. The minimum atomic E-state index is -0.0785. The SMILES string of the molecule is Cc1c(N)cccc1C(=O)NCCCn1cccn1. The standard InChI is InChI=1S/C14H18N4O/c1-11-12(5-2-6-13(11)15)14(19)16-7-3-9-18-10-4-8-17-18/h2,4-6,8,10H,3,7,9,15H2,1H3,(H,16,19). The highest BCUT2D eigenvalue weighted by atomic mass is 16.1. The van der Waals surface area contributed by atoms with E-state index < -0.39 is 0 Å². The number of carbonyl (C=O) groups is 1. The predicted octanol–water partition coefficient (Wildman–Crippen LogP) is 1.59. The van der Waals surface area contributed by atoms with Crippen molar-refractivity contribution in [2.45, 2.75) is 19.9 Å². The number of nitrogens with zero attached hydrogens (tertiary/aromatic N) is 2. The molecule has 0 saturated heterocycles. The zero-order chi connectivity index (χ0) is 13.7.